The molecule has 0 bridgehead atoms. The van der Waals surface area contributed by atoms with Gasteiger partial charge in [-0.15, -0.1) is 0 Å². The van der Waals surface area contributed by atoms with E-state index in [0.29, 0.717) is 19.6 Å². The summed E-state index contributed by atoms with van der Waals surface area (Å²) in [5.74, 6) is 0.165. The third kappa shape index (κ3) is 5.38. The molecule has 0 aliphatic rings. The van der Waals surface area contributed by atoms with E-state index in [2.05, 4.69) is 4.98 Å². The van der Waals surface area contributed by atoms with Gasteiger partial charge in [-0.1, -0.05) is 0 Å². The zero-order chi connectivity index (χ0) is 14.1. The molecule has 106 valence electrons. The monoisotopic (exact) mass is 266 g/mol. The van der Waals surface area contributed by atoms with Gasteiger partial charge in [0.1, 0.15) is 5.76 Å². The van der Waals surface area contributed by atoms with E-state index in [0.717, 1.165) is 11.3 Å². The number of rotatable bonds is 8. The maximum Gasteiger partial charge on any atom is 0.183 e. The third-order valence-corrected chi connectivity index (χ3v) is 2.50. The highest BCUT2D eigenvalue weighted by atomic mass is 16.7. The SMILES string of the molecule is CCOC(OCC)c1ccnc(C/C=C(/O)CN)c1. The fourth-order valence-corrected chi connectivity index (χ4v) is 1.60. The topological polar surface area (TPSA) is 77.6 Å². The quantitative estimate of drug-likeness (QED) is 0.556. The Balaban J connectivity index is 2.79. The van der Waals surface area contributed by atoms with Gasteiger partial charge in [0.2, 0.25) is 0 Å². The summed E-state index contributed by atoms with van der Waals surface area (Å²) < 4.78 is 11.1. The number of nitrogens with zero attached hydrogens (tertiary/aromatic N) is 1. The maximum absolute atomic E-state index is 9.33. The minimum atomic E-state index is -0.371. The van der Waals surface area contributed by atoms with Crippen molar-refractivity contribution in [1.82, 2.24) is 4.98 Å². The minimum Gasteiger partial charge on any atom is -0.511 e. The van der Waals surface area contributed by atoms with E-state index in [1.54, 1.807) is 12.3 Å². The van der Waals surface area contributed by atoms with E-state index >= 15 is 0 Å². The van der Waals surface area contributed by atoms with Crippen molar-refractivity contribution in [3.05, 3.63) is 41.4 Å². The molecule has 19 heavy (non-hydrogen) atoms. The largest absolute Gasteiger partial charge is 0.511 e. The summed E-state index contributed by atoms with van der Waals surface area (Å²) in [6.07, 6.45) is 3.52. The molecular weight excluding hydrogens is 244 g/mol. The van der Waals surface area contributed by atoms with Crippen LogP contribution in [0, 0.1) is 0 Å². The molecule has 0 aliphatic carbocycles. The van der Waals surface area contributed by atoms with Crippen molar-refractivity contribution in [2.45, 2.75) is 26.6 Å². The van der Waals surface area contributed by atoms with Crippen molar-refractivity contribution in [2.24, 2.45) is 5.73 Å². The molecule has 0 saturated heterocycles. The van der Waals surface area contributed by atoms with Crippen LogP contribution in [-0.2, 0) is 15.9 Å². The number of aromatic nitrogens is 1. The lowest BCUT2D eigenvalue weighted by Crippen LogP contribution is -2.09. The Morgan fingerprint density at radius 3 is 2.68 bits per heavy atom. The maximum atomic E-state index is 9.33. The molecular formula is C14H22N2O3. The summed E-state index contributed by atoms with van der Waals surface area (Å²) in [5, 5.41) is 9.33. The fraction of sp³-hybridized carbons (Fsp3) is 0.500. The number of hydrogen-bond acceptors (Lipinski definition) is 5. The Bertz CT molecular complexity index is 401. The summed E-state index contributed by atoms with van der Waals surface area (Å²) >= 11 is 0. The first-order valence-corrected chi connectivity index (χ1v) is 6.47. The fourth-order valence-electron chi connectivity index (χ4n) is 1.60. The summed E-state index contributed by atoms with van der Waals surface area (Å²) in [4.78, 5) is 4.24. The van der Waals surface area contributed by atoms with Crippen LogP contribution in [0.3, 0.4) is 0 Å². The Morgan fingerprint density at radius 2 is 2.11 bits per heavy atom. The van der Waals surface area contributed by atoms with Gasteiger partial charge in [0.25, 0.3) is 0 Å². The molecule has 5 nitrogen and oxygen atoms in total. The zero-order valence-electron chi connectivity index (χ0n) is 11.5. The number of aliphatic hydroxyl groups excluding tert-OH is 1. The summed E-state index contributed by atoms with van der Waals surface area (Å²) in [5.41, 5.74) is 7.08. The highest BCUT2D eigenvalue weighted by molar-refractivity contribution is 5.19. The van der Waals surface area contributed by atoms with Gasteiger partial charge < -0.3 is 20.3 Å². The molecule has 1 aromatic rings. The van der Waals surface area contributed by atoms with Crippen LogP contribution in [0.2, 0.25) is 0 Å². The molecule has 3 N–H and O–H groups in total. The average Bonchev–Trinajstić information content (AvgIpc) is 2.45. The van der Waals surface area contributed by atoms with Crippen molar-refractivity contribution < 1.29 is 14.6 Å². The second-order valence-corrected chi connectivity index (χ2v) is 3.93. The smallest absolute Gasteiger partial charge is 0.183 e. The normalized spacial score (nSPS) is 12.1. The minimum absolute atomic E-state index is 0.139. The molecule has 1 rings (SSSR count). The van der Waals surface area contributed by atoms with Gasteiger partial charge >= 0.3 is 0 Å². The lowest BCUT2D eigenvalue weighted by Gasteiger charge is -2.17. The molecule has 0 fully saturated rings. The summed E-state index contributed by atoms with van der Waals surface area (Å²) in [7, 11) is 0. The first-order chi connectivity index (χ1) is 9.21. The van der Waals surface area contributed by atoms with E-state index in [9.17, 15) is 5.11 Å². The molecule has 0 aromatic carbocycles. The van der Waals surface area contributed by atoms with Gasteiger partial charge in [-0.05, 0) is 32.1 Å². The van der Waals surface area contributed by atoms with Crippen LogP contribution in [-0.4, -0.2) is 29.8 Å². The Morgan fingerprint density at radius 1 is 1.42 bits per heavy atom. The van der Waals surface area contributed by atoms with Crippen LogP contribution in [0.5, 0.6) is 0 Å². The molecule has 5 heteroatoms. The van der Waals surface area contributed by atoms with Gasteiger partial charge in [0.15, 0.2) is 6.29 Å². The first kappa shape index (κ1) is 15.6. The van der Waals surface area contributed by atoms with Crippen molar-refractivity contribution in [3.8, 4) is 0 Å². The number of allylic oxidation sites excluding steroid dienone is 1. The number of hydrogen-bond donors (Lipinski definition) is 2. The summed E-state index contributed by atoms with van der Waals surface area (Å²) in [6.45, 7) is 5.15. The average molecular weight is 266 g/mol. The second-order valence-electron chi connectivity index (χ2n) is 3.93. The molecule has 1 heterocycles. The molecule has 0 atom stereocenters. The molecule has 0 radical (unpaired) electrons. The van der Waals surface area contributed by atoms with Crippen molar-refractivity contribution in [2.75, 3.05) is 19.8 Å². The highest BCUT2D eigenvalue weighted by Crippen LogP contribution is 2.19. The molecule has 0 spiro atoms. The highest BCUT2D eigenvalue weighted by Gasteiger charge is 2.11. The Kier molecular flexibility index (Phi) is 7.10. The van der Waals surface area contributed by atoms with Crippen LogP contribution in [0.1, 0.15) is 31.4 Å². The van der Waals surface area contributed by atoms with Crippen molar-refractivity contribution >= 4 is 0 Å². The molecule has 1 aromatic heterocycles. The number of nitrogens with two attached hydrogens (primary N) is 1. The van der Waals surface area contributed by atoms with Crippen LogP contribution in [0.15, 0.2) is 30.2 Å². The summed E-state index contributed by atoms with van der Waals surface area (Å²) in [6, 6.07) is 3.78. The van der Waals surface area contributed by atoms with Gasteiger partial charge in [-0.25, -0.2) is 0 Å². The predicted octanol–water partition coefficient (Wildman–Crippen LogP) is 2.10. The van der Waals surface area contributed by atoms with E-state index in [1.165, 1.54) is 0 Å². The van der Waals surface area contributed by atoms with Crippen molar-refractivity contribution in [3.63, 3.8) is 0 Å². The lowest BCUT2D eigenvalue weighted by atomic mass is 10.1. The van der Waals surface area contributed by atoms with Gasteiger partial charge in [0, 0.05) is 37.1 Å². The lowest BCUT2D eigenvalue weighted by molar-refractivity contribution is -0.140. The first-order valence-electron chi connectivity index (χ1n) is 6.47. The van der Waals surface area contributed by atoms with E-state index in [1.807, 2.05) is 26.0 Å². The Labute approximate surface area is 114 Å². The predicted molar refractivity (Wildman–Crippen MR) is 73.7 cm³/mol. The van der Waals surface area contributed by atoms with Crippen LogP contribution < -0.4 is 5.73 Å². The molecule has 0 amide bonds. The standard InChI is InChI=1S/C14H22N2O3/c1-3-18-14(19-4-2)11-7-8-16-12(9-11)5-6-13(17)10-15/h6-9,14,17H,3-5,10,15H2,1-2H3/b13-6+. The zero-order valence-corrected chi connectivity index (χ0v) is 11.5. The molecule has 0 unspecified atom stereocenters. The van der Waals surface area contributed by atoms with E-state index in [-0.39, 0.29) is 18.6 Å². The number of ether oxygens (including phenoxy) is 2. The van der Waals surface area contributed by atoms with Crippen molar-refractivity contribution in [1.29, 1.82) is 0 Å². The van der Waals surface area contributed by atoms with E-state index in [4.69, 9.17) is 15.2 Å². The van der Waals surface area contributed by atoms with Crippen LogP contribution in [0.4, 0.5) is 0 Å². The van der Waals surface area contributed by atoms with Crippen LogP contribution in [0.25, 0.3) is 0 Å². The van der Waals surface area contributed by atoms with E-state index < -0.39 is 0 Å². The second kappa shape index (κ2) is 8.63. The number of pyridine rings is 1. The molecule has 0 saturated carbocycles. The van der Waals surface area contributed by atoms with Gasteiger partial charge in [-0.3, -0.25) is 4.98 Å². The third-order valence-electron chi connectivity index (χ3n) is 2.50. The Hall–Kier alpha value is -1.43. The van der Waals surface area contributed by atoms with Gasteiger partial charge in [0.05, 0.1) is 6.54 Å². The molecule has 0 aliphatic heterocycles. The van der Waals surface area contributed by atoms with Gasteiger partial charge in [-0.2, -0.15) is 0 Å². The number of aliphatic hydroxyl groups is 1. The van der Waals surface area contributed by atoms with Crippen LogP contribution >= 0.6 is 0 Å².